The zero-order valence-corrected chi connectivity index (χ0v) is 10.7. The largest absolute Gasteiger partial charge is 0.468 e. The van der Waals surface area contributed by atoms with E-state index in [1.807, 2.05) is 30.3 Å². The van der Waals surface area contributed by atoms with Gasteiger partial charge in [-0.3, -0.25) is 19.9 Å². The SMILES string of the molecule is COC(=O)CN(Cc1ccccc1)NC(=O)CON. The van der Waals surface area contributed by atoms with Crippen LogP contribution in [0.15, 0.2) is 30.3 Å². The Morgan fingerprint density at radius 1 is 1.32 bits per heavy atom. The van der Waals surface area contributed by atoms with Gasteiger partial charge < -0.3 is 4.74 Å². The fourth-order valence-electron chi connectivity index (χ4n) is 1.44. The number of carbonyl (C=O) groups is 2. The molecule has 1 aromatic carbocycles. The molecule has 0 atom stereocenters. The van der Waals surface area contributed by atoms with E-state index in [0.717, 1.165) is 5.56 Å². The van der Waals surface area contributed by atoms with Gasteiger partial charge in [0.05, 0.1) is 7.11 Å². The third kappa shape index (κ3) is 5.96. The Morgan fingerprint density at radius 2 is 2.00 bits per heavy atom. The van der Waals surface area contributed by atoms with Crippen LogP contribution < -0.4 is 11.3 Å². The fourth-order valence-corrected chi connectivity index (χ4v) is 1.44. The minimum atomic E-state index is -0.454. The van der Waals surface area contributed by atoms with Crippen molar-refractivity contribution in [2.45, 2.75) is 6.54 Å². The van der Waals surface area contributed by atoms with Gasteiger partial charge >= 0.3 is 5.97 Å². The van der Waals surface area contributed by atoms with Crippen LogP contribution in [-0.2, 0) is 25.7 Å². The predicted octanol–water partition coefficient (Wildman–Crippen LogP) is -0.417. The highest BCUT2D eigenvalue weighted by Gasteiger charge is 2.14. The van der Waals surface area contributed by atoms with Crippen LogP contribution in [0.4, 0.5) is 0 Å². The van der Waals surface area contributed by atoms with E-state index in [9.17, 15) is 9.59 Å². The van der Waals surface area contributed by atoms with Crippen molar-refractivity contribution >= 4 is 11.9 Å². The molecule has 0 aliphatic rings. The minimum absolute atomic E-state index is 0.0678. The number of hydrazine groups is 1. The molecule has 0 aliphatic heterocycles. The lowest BCUT2D eigenvalue weighted by atomic mass is 10.2. The van der Waals surface area contributed by atoms with E-state index in [1.54, 1.807) is 0 Å². The van der Waals surface area contributed by atoms with E-state index < -0.39 is 11.9 Å². The molecule has 104 valence electrons. The summed E-state index contributed by atoms with van der Waals surface area (Å²) in [6.07, 6.45) is 0. The molecule has 0 unspecified atom stereocenters. The molecule has 0 radical (unpaired) electrons. The second-order valence-corrected chi connectivity index (χ2v) is 3.76. The van der Waals surface area contributed by atoms with Crippen LogP contribution in [0.5, 0.6) is 0 Å². The van der Waals surface area contributed by atoms with Gasteiger partial charge in [-0.1, -0.05) is 30.3 Å². The lowest BCUT2D eigenvalue weighted by molar-refractivity contribution is -0.144. The number of benzene rings is 1. The molecule has 0 bridgehead atoms. The van der Waals surface area contributed by atoms with Crippen molar-refractivity contribution in [1.29, 1.82) is 0 Å². The van der Waals surface area contributed by atoms with E-state index >= 15 is 0 Å². The first-order valence-electron chi connectivity index (χ1n) is 5.62. The van der Waals surface area contributed by atoms with E-state index in [1.165, 1.54) is 12.1 Å². The molecular formula is C12H17N3O4. The number of hydrogen-bond acceptors (Lipinski definition) is 6. The van der Waals surface area contributed by atoms with E-state index in [4.69, 9.17) is 5.90 Å². The van der Waals surface area contributed by atoms with Gasteiger partial charge in [0, 0.05) is 6.54 Å². The molecule has 0 saturated carbocycles. The maximum absolute atomic E-state index is 11.4. The van der Waals surface area contributed by atoms with Gasteiger partial charge in [-0.15, -0.1) is 0 Å². The number of hydrogen-bond donors (Lipinski definition) is 2. The van der Waals surface area contributed by atoms with Gasteiger partial charge in [-0.05, 0) is 5.56 Å². The summed E-state index contributed by atoms with van der Waals surface area (Å²) in [5, 5.41) is 1.43. The minimum Gasteiger partial charge on any atom is -0.468 e. The molecule has 0 fully saturated rings. The van der Waals surface area contributed by atoms with Gasteiger partial charge in [-0.2, -0.15) is 0 Å². The molecule has 7 nitrogen and oxygen atoms in total. The molecule has 3 N–H and O–H groups in total. The van der Waals surface area contributed by atoms with Gasteiger partial charge in [0.1, 0.15) is 13.2 Å². The molecule has 7 heteroatoms. The summed E-state index contributed by atoms with van der Waals surface area (Å²) in [4.78, 5) is 26.9. The third-order valence-corrected chi connectivity index (χ3v) is 2.26. The Morgan fingerprint density at radius 3 is 2.58 bits per heavy atom. The quantitative estimate of drug-likeness (QED) is 0.515. The molecule has 0 spiro atoms. The van der Waals surface area contributed by atoms with Crippen LogP contribution >= 0.6 is 0 Å². The standard InChI is InChI=1S/C12H17N3O4/c1-18-12(17)8-15(14-11(16)9-19-13)7-10-5-3-2-4-6-10/h2-6H,7-9,13H2,1H3,(H,14,16). The highest BCUT2D eigenvalue weighted by atomic mass is 16.6. The second kappa shape index (κ2) is 8.20. The summed E-state index contributed by atoms with van der Waals surface area (Å²) < 4.78 is 4.57. The van der Waals surface area contributed by atoms with Gasteiger partial charge in [0.2, 0.25) is 0 Å². The van der Waals surface area contributed by atoms with Gasteiger partial charge in [0.25, 0.3) is 5.91 Å². The van der Waals surface area contributed by atoms with Crippen LogP contribution in [0.3, 0.4) is 0 Å². The van der Waals surface area contributed by atoms with Crippen molar-refractivity contribution in [3.8, 4) is 0 Å². The molecule has 1 aromatic rings. The predicted molar refractivity (Wildman–Crippen MR) is 67.2 cm³/mol. The Bertz CT molecular complexity index is 411. The number of amides is 1. The second-order valence-electron chi connectivity index (χ2n) is 3.76. The molecule has 0 saturated heterocycles. The van der Waals surface area contributed by atoms with Crippen molar-refractivity contribution in [3.63, 3.8) is 0 Å². The van der Waals surface area contributed by atoms with Gasteiger partial charge in [-0.25, -0.2) is 10.9 Å². The third-order valence-electron chi connectivity index (χ3n) is 2.26. The Kier molecular flexibility index (Phi) is 6.51. The van der Waals surface area contributed by atoms with Crippen LogP contribution in [0.1, 0.15) is 5.56 Å². The summed E-state index contributed by atoms with van der Waals surface area (Å²) in [5.41, 5.74) is 3.46. The number of methoxy groups -OCH3 is 1. The van der Waals surface area contributed by atoms with Crippen LogP contribution in [-0.4, -0.2) is 37.1 Å². The van der Waals surface area contributed by atoms with Crippen LogP contribution in [0.25, 0.3) is 0 Å². The van der Waals surface area contributed by atoms with E-state index in [0.29, 0.717) is 6.54 Å². The van der Waals surface area contributed by atoms with Crippen molar-refractivity contribution in [2.24, 2.45) is 5.90 Å². The zero-order valence-electron chi connectivity index (χ0n) is 10.7. The normalized spacial score (nSPS) is 10.3. The molecule has 19 heavy (non-hydrogen) atoms. The molecule has 0 aromatic heterocycles. The molecule has 0 heterocycles. The lowest BCUT2D eigenvalue weighted by Gasteiger charge is -2.21. The van der Waals surface area contributed by atoms with Crippen molar-refractivity contribution < 1.29 is 19.2 Å². The first kappa shape index (κ1) is 15.1. The summed E-state index contributed by atoms with van der Waals surface area (Å²) >= 11 is 0. The molecule has 1 amide bonds. The number of nitrogens with one attached hydrogen (secondary N) is 1. The monoisotopic (exact) mass is 267 g/mol. The average Bonchev–Trinajstić information content (AvgIpc) is 2.39. The Hall–Kier alpha value is -1.96. The number of rotatable bonds is 7. The average molecular weight is 267 g/mol. The van der Waals surface area contributed by atoms with Crippen LogP contribution in [0, 0.1) is 0 Å². The number of nitrogens with two attached hydrogens (primary N) is 1. The van der Waals surface area contributed by atoms with E-state index in [-0.39, 0.29) is 13.2 Å². The summed E-state index contributed by atoms with van der Waals surface area (Å²) in [6.45, 7) is 0.0143. The number of carbonyl (C=O) groups excluding carboxylic acids is 2. The molecule has 1 rings (SSSR count). The number of esters is 1. The first-order valence-corrected chi connectivity index (χ1v) is 5.62. The van der Waals surface area contributed by atoms with Crippen molar-refractivity contribution in [2.75, 3.05) is 20.3 Å². The summed E-state index contributed by atoms with van der Waals surface area (Å²) in [6, 6.07) is 9.40. The summed E-state index contributed by atoms with van der Waals surface area (Å²) in [7, 11) is 1.29. The molecule has 0 aliphatic carbocycles. The number of nitrogens with zero attached hydrogens (tertiary/aromatic N) is 1. The Labute approximate surface area is 111 Å². The molecular weight excluding hydrogens is 250 g/mol. The highest BCUT2D eigenvalue weighted by Crippen LogP contribution is 2.02. The van der Waals surface area contributed by atoms with Crippen LogP contribution in [0.2, 0.25) is 0 Å². The zero-order chi connectivity index (χ0) is 14.1. The number of ether oxygens (including phenoxy) is 1. The van der Waals surface area contributed by atoms with Gasteiger partial charge in [0.15, 0.2) is 0 Å². The highest BCUT2D eigenvalue weighted by molar-refractivity contribution is 5.77. The maximum Gasteiger partial charge on any atom is 0.321 e. The van der Waals surface area contributed by atoms with Crippen molar-refractivity contribution in [1.82, 2.24) is 10.4 Å². The van der Waals surface area contributed by atoms with E-state index in [2.05, 4.69) is 15.0 Å². The van der Waals surface area contributed by atoms with Crippen molar-refractivity contribution in [3.05, 3.63) is 35.9 Å². The topological polar surface area (TPSA) is 93.9 Å². The summed E-state index contributed by atoms with van der Waals surface area (Å²) in [5.74, 6) is 3.92. The smallest absolute Gasteiger partial charge is 0.321 e. The first-order chi connectivity index (χ1) is 9.15. The lowest BCUT2D eigenvalue weighted by Crippen LogP contribution is -2.46. The Balaban J connectivity index is 2.63. The maximum atomic E-state index is 11.4. The fraction of sp³-hybridized carbons (Fsp3) is 0.333.